The maximum Gasteiger partial charge on any atom is 0.254 e. The van der Waals surface area contributed by atoms with Crippen molar-refractivity contribution < 1.29 is 18.3 Å². The standard InChI is InChI=1S/C30H36N6O4S/c1-4-17-35(29(37)30(38)15-16-30)22(5-2)12-14-25-26(41(3,39)40)27(31)36-28(34-25)23(19-33-36)21-11-13-24(32-18-21)20-9-7-6-8-10-20/h6-11,13,18-19,22,38H,4-5,12,14-17,31H2,1-3H3/t22-/m1/s1. The number of aryl methyl sites for hydroxylation is 1. The van der Waals surface area contributed by atoms with Gasteiger partial charge in [0.25, 0.3) is 5.91 Å². The van der Waals surface area contributed by atoms with Crippen LogP contribution >= 0.6 is 0 Å². The zero-order chi connectivity index (χ0) is 29.4. The summed E-state index contributed by atoms with van der Waals surface area (Å²) in [5, 5.41) is 14.9. The van der Waals surface area contributed by atoms with E-state index in [4.69, 9.17) is 10.7 Å². The van der Waals surface area contributed by atoms with Gasteiger partial charge in [0.05, 0.1) is 17.6 Å². The molecule has 3 N–H and O–H groups in total. The number of sulfone groups is 1. The molecule has 0 spiro atoms. The molecular formula is C30H36N6O4S. The second kappa shape index (κ2) is 11.2. The van der Waals surface area contributed by atoms with Crippen molar-refractivity contribution in [2.45, 2.75) is 68.9 Å². The van der Waals surface area contributed by atoms with Gasteiger partial charge >= 0.3 is 0 Å². The SMILES string of the molecule is CCCN(C(=O)C1(O)CC1)[C@H](CC)CCc1nc2c(-c3ccc(-c4ccccc4)nc3)cnn2c(N)c1S(C)(=O)=O. The first kappa shape index (κ1) is 28.7. The summed E-state index contributed by atoms with van der Waals surface area (Å²) in [6.45, 7) is 4.50. The predicted molar refractivity (Wildman–Crippen MR) is 158 cm³/mol. The number of rotatable bonds is 11. The summed E-state index contributed by atoms with van der Waals surface area (Å²) in [6, 6.07) is 13.5. The normalized spacial score (nSPS) is 15.1. The fourth-order valence-corrected chi connectivity index (χ4v) is 6.37. The number of pyridine rings is 1. The molecule has 0 saturated heterocycles. The molecule has 0 bridgehead atoms. The lowest BCUT2D eigenvalue weighted by atomic mass is 10.0. The highest BCUT2D eigenvalue weighted by atomic mass is 32.2. The summed E-state index contributed by atoms with van der Waals surface area (Å²) >= 11 is 0. The summed E-state index contributed by atoms with van der Waals surface area (Å²) in [5.74, 6) is -0.253. The Kier molecular flexibility index (Phi) is 7.85. The van der Waals surface area contributed by atoms with E-state index in [-0.39, 0.29) is 29.1 Å². The summed E-state index contributed by atoms with van der Waals surface area (Å²) in [4.78, 5) is 24.2. The van der Waals surface area contributed by atoms with E-state index >= 15 is 0 Å². The van der Waals surface area contributed by atoms with Gasteiger partial charge in [0, 0.05) is 41.7 Å². The molecule has 1 aliphatic rings. The minimum atomic E-state index is -3.74. The Morgan fingerprint density at radius 1 is 1.12 bits per heavy atom. The number of nitrogen functional groups attached to an aromatic ring is 1. The summed E-state index contributed by atoms with van der Waals surface area (Å²) in [7, 11) is -3.74. The first-order valence-electron chi connectivity index (χ1n) is 14.0. The first-order chi connectivity index (χ1) is 19.6. The van der Waals surface area contributed by atoms with Gasteiger partial charge in [-0.3, -0.25) is 9.78 Å². The number of hydrogen-bond acceptors (Lipinski definition) is 8. The van der Waals surface area contributed by atoms with Crippen LogP contribution in [0.1, 0.15) is 51.6 Å². The van der Waals surface area contributed by atoms with Gasteiger partial charge in [0.1, 0.15) is 16.3 Å². The van der Waals surface area contributed by atoms with Crippen LogP contribution in [0.15, 0.2) is 59.8 Å². The number of nitrogens with two attached hydrogens (primary N) is 1. The van der Waals surface area contributed by atoms with Crippen molar-refractivity contribution in [1.82, 2.24) is 24.5 Å². The summed E-state index contributed by atoms with van der Waals surface area (Å²) < 4.78 is 27.1. The van der Waals surface area contributed by atoms with Gasteiger partial charge in [-0.05, 0) is 44.6 Å². The number of carbonyl (C=O) groups is 1. The van der Waals surface area contributed by atoms with Crippen molar-refractivity contribution in [3.63, 3.8) is 0 Å². The van der Waals surface area contributed by atoms with Crippen molar-refractivity contribution in [3.05, 3.63) is 60.6 Å². The molecule has 10 nitrogen and oxygen atoms in total. The summed E-state index contributed by atoms with van der Waals surface area (Å²) in [6.07, 6.45) is 7.57. The third-order valence-electron chi connectivity index (χ3n) is 7.70. The molecule has 1 amide bonds. The zero-order valence-corrected chi connectivity index (χ0v) is 24.4. The lowest BCUT2D eigenvalue weighted by Crippen LogP contribution is -2.47. The van der Waals surface area contributed by atoms with Crippen LogP contribution in [-0.4, -0.2) is 68.4 Å². The van der Waals surface area contributed by atoms with Gasteiger partial charge in [0.15, 0.2) is 15.5 Å². The van der Waals surface area contributed by atoms with E-state index in [2.05, 4.69) is 10.1 Å². The van der Waals surface area contributed by atoms with Crippen molar-refractivity contribution in [2.75, 3.05) is 18.5 Å². The zero-order valence-electron chi connectivity index (χ0n) is 23.6. The summed E-state index contributed by atoms with van der Waals surface area (Å²) in [5.41, 5.74) is 9.20. The first-order valence-corrected chi connectivity index (χ1v) is 15.9. The van der Waals surface area contributed by atoms with E-state index in [1.165, 1.54) is 4.52 Å². The second-order valence-corrected chi connectivity index (χ2v) is 12.7. The molecule has 4 aromatic rings. The Balaban J connectivity index is 1.51. The van der Waals surface area contributed by atoms with Crippen LogP contribution in [0.25, 0.3) is 28.0 Å². The van der Waals surface area contributed by atoms with Gasteiger partial charge < -0.3 is 15.7 Å². The van der Waals surface area contributed by atoms with Crippen molar-refractivity contribution in [1.29, 1.82) is 0 Å². The minimum Gasteiger partial charge on any atom is -0.382 e. The lowest BCUT2D eigenvalue weighted by molar-refractivity contribution is -0.145. The lowest BCUT2D eigenvalue weighted by Gasteiger charge is -2.33. The van der Waals surface area contributed by atoms with E-state index in [9.17, 15) is 18.3 Å². The average Bonchev–Trinajstić information content (AvgIpc) is 3.57. The third kappa shape index (κ3) is 5.69. The molecule has 1 atom stereocenters. The maximum atomic E-state index is 13.1. The quantitative estimate of drug-likeness (QED) is 0.273. The Morgan fingerprint density at radius 2 is 1.85 bits per heavy atom. The van der Waals surface area contributed by atoms with E-state index in [0.29, 0.717) is 49.1 Å². The van der Waals surface area contributed by atoms with Gasteiger partial charge in [0.2, 0.25) is 0 Å². The second-order valence-electron chi connectivity index (χ2n) is 10.8. The highest BCUT2D eigenvalue weighted by Gasteiger charge is 2.50. The number of fused-ring (bicyclic) bond motifs is 1. The number of aromatic nitrogens is 4. The van der Waals surface area contributed by atoms with Gasteiger partial charge in [-0.1, -0.05) is 50.2 Å². The Bertz CT molecular complexity index is 1660. The molecule has 0 unspecified atom stereocenters. The minimum absolute atomic E-state index is 0.00514. The Hall–Kier alpha value is -3.83. The number of anilines is 1. The van der Waals surface area contributed by atoms with Gasteiger partial charge in [-0.25, -0.2) is 13.4 Å². The molecule has 1 aromatic carbocycles. The predicted octanol–water partition coefficient (Wildman–Crippen LogP) is 3.92. The molecule has 1 saturated carbocycles. The van der Waals surface area contributed by atoms with Crippen molar-refractivity contribution >= 4 is 27.2 Å². The van der Waals surface area contributed by atoms with Crippen molar-refractivity contribution in [3.8, 4) is 22.4 Å². The molecule has 1 fully saturated rings. The molecule has 11 heteroatoms. The molecule has 0 aliphatic heterocycles. The van der Waals surface area contributed by atoms with E-state index < -0.39 is 15.4 Å². The highest BCUT2D eigenvalue weighted by molar-refractivity contribution is 7.91. The van der Waals surface area contributed by atoms with E-state index in [1.54, 1.807) is 17.3 Å². The van der Waals surface area contributed by atoms with Crippen LogP contribution in [0.4, 0.5) is 5.82 Å². The number of benzene rings is 1. The highest BCUT2D eigenvalue weighted by Crippen LogP contribution is 2.38. The Labute approximate surface area is 240 Å². The van der Waals surface area contributed by atoms with Crippen LogP contribution in [-0.2, 0) is 21.1 Å². The maximum absolute atomic E-state index is 13.1. The number of carbonyl (C=O) groups excluding carboxylic acids is 1. The molecule has 41 heavy (non-hydrogen) atoms. The monoisotopic (exact) mass is 576 g/mol. The third-order valence-corrected chi connectivity index (χ3v) is 8.88. The molecule has 3 aromatic heterocycles. The average molecular weight is 577 g/mol. The molecule has 5 rings (SSSR count). The molecule has 3 heterocycles. The molecule has 216 valence electrons. The number of amides is 1. The smallest absolute Gasteiger partial charge is 0.254 e. The topological polar surface area (TPSA) is 144 Å². The van der Waals surface area contributed by atoms with Crippen LogP contribution in [0.5, 0.6) is 0 Å². The van der Waals surface area contributed by atoms with Gasteiger partial charge in [-0.15, -0.1) is 0 Å². The number of hydrogen-bond donors (Lipinski definition) is 2. The van der Waals surface area contributed by atoms with Crippen LogP contribution in [0.2, 0.25) is 0 Å². The van der Waals surface area contributed by atoms with E-state index in [1.807, 2.05) is 56.3 Å². The largest absolute Gasteiger partial charge is 0.382 e. The van der Waals surface area contributed by atoms with Gasteiger partial charge in [-0.2, -0.15) is 9.61 Å². The molecule has 1 aliphatic carbocycles. The van der Waals surface area contributed by atoms with Crippen LogP contribution < -0.4 is 5.73 Å². The van der Waals surface area contributed by atoms with E-state index in [0.717, 1.165) is 29.5 Å². The number of nitrogens with zero attached hydrogens (tertiary/aromatic N) is 5. The Morgan fingerprint density at radius 3 is 2.44 bits per heavy atom. The molecular weight excluding hydrogens is 540 g/mol. The molecule has 0 radical (unpaired) electrons. The number of aliphatic hydroxyl groups is 1. The van der Waals surface area contributed by atoms with Crippen LogP contribution in [0, 0.1) is 0 Å². The fourth-order valence-electron chi connectivity index (χ4n) is 5.33. The fraction of sp³-hybridized carbons (Fsp3) is 0.400. The van der Waals surface area contributed by atoms with Crippen molar-refractivity contribution in [2.24, 2.45) is 0 Å². The van der Waals surface area contributed by atoms with Crippen LogP contribution in [0.3, 0.4) is 0 Å².